The van der Waals surface area contributed by atoms with Crippen LogP contribution in [0.25, 0.3) is 0 Å². The molecule has 0 aliphatic carbocycles. The minimum atomic E-state index is -0.773. The van der Waals surface area contributed by atoms with Crippen molar-refractivity contribution in [1.82, 2.24) is 5.32 Å². The van der Waals surface area contributed by atoms with Gasteiger partial charge in [0.15, 0.2) is 0 Å². The molecule has 0 unspecified atom stereocenters. The summed E-state index contributed by atoms with van der Waals surface area (Å²) >= 11 is 7.05. The predicted octanol–water partition coefficient (Wildman–Crippen LogP) is 4.66. The van der Waals surface area contributed by atoms with Gasteiger partial charge in [-0.25, -0.2) is 0 Å². The second-order valence-corrected chi connectivity index (χ2v) is 9.39. The third kappa shape index (κ3) is 4.54. The van der Waals surface area contributed by atoms with E-state index in [-0.39, 0.29) is 17.1 Å². The number of para-hydroxylation sites is 1. The zero-order chi connectivity index (χ0) is 22.7. The third-order valence-corrected chi connectivity index (χ3v) is 6.93. The van der Waals surface area contributed by atoms with Crippen molar-refractivity contribution in [1.29, 1.82) is 0 Å². The maximum Gasteiger partial charge on any atom is 0.256 e. The maximum absolute atomic E-state index is 13.7. The van der Waals surface area contributed by atoms with Gasteiger partial charge in [0, 0.05) is 25.3 Å². The van der Waals surface area contributed by atoms with Gasteiger partial charge in [-0.2, -0.15) is 0 Å². The molecule has 0 radical (unpaired) electrons. The van der Waals surface area contributed by atoms with E-state index in [2.05, 4.69) is 5.32 Å². The fraction of sp³-hybridized carbons (Fsp3) is 0.160. The molecule has 2 atom stereocenters. The number of amides is 2. The van der Waals surface area contributed by atoms with E-state index in [0.717, 1.165) is 11.3 Å². The van der Waals surface area contributed by atoms with Crippen molar-refractivity contribution < 1.29 is 9.59 Å². The molecule has 7 heteroatoms. The molecule has 32 heavy (non-hydrogen) atoms. The molecule has 2 amide bonds. The highest BCUT2D eigenvalue weighted by molar-refractivity contribution is 8.23. The average molecular weight is 462 g/mol. The summed E-state index contributed by atoms with van der Waals surface area (Å²) in [7, 11) is 3.95. The highest BCUT2D eigenvalue weighted by Gasteiger charge is 2.42. The summed E-state index contributed by atoms with van der Waals surface area (Å²) in [4.78, 5) is 30.2. The number of carbonyl (C=O) groups excluding carboxylic acids is 2. The highest BCUT2D eigenvalue weighted by Crippen LogP contribution is 2.41. The monoisotopic (exact) mass is 461 g/mol. The molecular formula is C25H23N3O2S2. The van der Waals surface area contributed by atoms with Crippen LogP contribution in [0.4, 0.5) is 11.4 Å². The molecule has 1 aliphatic rings. The van der Waals surface area contributed by atoms with Crippen LogP contribution >= 0.6 is 24.0 Å². The van der Waals surface area contributed by atoms with E-state index in [4.69, 9.17) is 12.2 Å². The Kier molecular flexibility index (Phi) is 6.58. The minimum absolute atomic E-state index is 0.245. The Morgan fingerprint density at radius 3 is 2.12 bits per heavy atom. The Labute approximate surface area is 197 Å². The van der Waals surface area contributed by atoms with E-state index < -0.39 is 6.04 Å². The van der Waals surface area contributed by atoms with E-state index in [1.54, 1.807) is 24.3 Å². The zero-order valence-electron chi connectivity index (χ0n) is 17.8. The maximum atomic E-state index is 13.7. The van der Waals surface area contributed by atoms with Crippen LogP contribution in [-0.4, -0.2) is 36.3 Å². The summed E-state index contributed by atoms with van der Waals surface area (Å²) in [5.74, 6) is -0.536. The van der Waals surface area contributed by atoms with Gasteiger partial charge in [-0.15, -0.1) is 0 Å². The zero-order valence-corrected chi connectivity index (χ0v) is 19.4. The molecule has 0 bridgehead atoms. The van der Waals surface area contributed by atoms with Crippen LogP contribution in [-0.2, 0) is 4.79 Å². The van der Waals surface area contributed by atoms with Crippen LogP contribution in [0.15, 0.2) is 84.9 Å². The normalized spacial score (nSPS) is 18.4. The highest BCUT2D eigenvalue weighted by atomic mass is 32.2. The van der Waals surface area contributed by atoms with Gasteiger partial charge in [-0.3, -0.25) is 14.5 Å². The Bertz CT molecular complexity index is 1120. The number of anilines is 2. The summed E-state index contributed by atoms with van der Waals surface area (Å²) in [5.41, 5.74) is 3.18. The Hall–Kier alpha value is -3.16. The molecule has 5 nitrogen and oxygen atoms in total. The molecule has 3 aromatic rings. The first-order chi connectivity index (χ1) is 15.5. The van der Waals surface area contributed by atoms with Crippen LogP contribution in [0.5, 0.6) is 0 Å². The predicted molar refractivity (Wildman–Crippen MR) is 135 cm³/mol. The first-order valence-electron chi connectivity index (χ1n) is 10.2. The van der Waals surface area contributed by atoms with Crippen LogP contribution in [0, 0.1) is 0 Å². The number of benzene rings is 3. The van der Waals surface area contributed by atoms with Gasteiger partial charge in [0.25, 0.3) is 11.8 Å². The molecule has 1 aliphatic heterocycles. The standard InChI is InChI=1S/C25H23N3O2S2/c1-27(2)19-15-13-17(14-16-19)22-21(26-23(29)18-9-5-3-6-10-18)24(30)28(25(31)32-22)20-11-7-4-8-12-20/h3-16,21-22H,1-2H3,(H,26,29)/t21-,22+/m0/s1. The molecule has 1 saturated heterocycles. The van der Waals surface area contributed by atoms with Crippen LogP contribution in [0.2, 0.25) is 0 Å². The lowest BCUT2D eigenvalue weighted by Crippen LogP contribution is -2.55. The quantitative estimate of drug-likeness (QED) is 0.560. The number of hydrogen-bond donors (Lipinski definition) is 1. The average Bonchev–Trinajstić information content (AvgIpc) is 2.82. The lowest BCUT2D eigenvalue weighted by atomic mass is 10.0. The van der Waals surface area contributed by atoms with Crippen molar-refractivity contribution in [2.45, 2.75) is 11.3 Å². The summed E-state index contributed by atoms with van der Waals surface area (Å²) in [5, 5.41) is 2.64. The molecular weight excluding hydrogens is 438 g/mol. The minimum Gasteiger partial charge on any atom is -0.378 e. The van der Waals surface area contributed by atoms with Crippen molar-refractivity contribution in [2.24, 2.45) is 0 Å². The van der Waals surface area contributed by atoms with Crippen LogP contribution < -0.4 is 15.1 Å². The topological polar surface area (TPSA) is 52.6 Å². The van der Waals surface area contributed by atoms with Gasteiger partial charge in [0.2, 0.25) is 0 Å². The molecule has 3 aromatic carbocycles. The SMILES string of the molecule is CN(C)c1ccc([C@H]2SC(=S)N(c3ccccc3)C(=O)[C@H]2NC(=O)c2ccccc2)cc1. The number of carbonyl (C=O) groups is 2. The third-order valence-electron chi connectivity index (χ3n) is 5.27. The van der Waals surface area contributed by atoms with Crippen LogP contribution in [0.1, 0.15) is 21.2 Å². The lowest BCUT2D eigenvalue weighted by Gasteiger charge is -2.38. The summed E-state index contributed by atoms with van der Waals surface area (Å²) in [6, 6.07) is 25.4. The molecule has 0 saturated carbocycles. The van der Waals surface area contributed by atoms with Crippen molar-refractivity contribution in [3.05, 3.63) is 96.1 Å². The molecule has 0 aromatic heterocycles. The number of nitrogens with zero attached hydrogens (tertiary/aromatic N) is 2. The second-order valence-electron chi connectivity index (χ2n) is 7.62. The number of hydrogen-bond acceptors (Lipinski definition) is 5. The van der Waals surface area contributed by atoms with Gasteiger partial charge >= 0.3 is 0 Å². The van der Waals surface area contributed by atoms with Gasteiger partial charge < -0.3 is 10.2 Å². The van der Waals surface area contributed by atoms with Crippen molar-refractivity contribution in [2.75, 3.05) is 23.9 Å². The molecule has 1 fully saturated rings. The fourth-order valence-electron chi connectivity index (χ4n) is 3.57. The lowest BCUT2D eigenvalue weighted by molar-refractivity contribution is -0.119. The molecule has 1 N–H and O–H groups in total. The Morgan fingerprint density at radius 2 is 1.53 bits per heavy atom. The summed E-state index contributed by atoms with van der Waals surface area (Å²) < 4.78 is 0.466. The largest absolute Gasteiger partial charge is 0.378 e. The van der Waals surface area contributed by atoms with Crippen molar-refractivity contribution >= 4 is 51.5 Å². The van der Waals surface area contributed by atoms with Crippen LogP contribution in [0.3, 0.4) is 0 Å². The molecule has 0 spiro atoms. The van der Waals surface area contributed by atoms with E-state index in [1.807, 2.05) is 79.7 Å². The summed E-state index contributed by atoms with van der Waals surface area (Å²) in [6.07, 6.45) is 0. The second kappa shape index (κ2) is 9.54. The van der Waals surface area contributed by atoms with Gasteiger partial charge in [-0.1, -0.05) is 72.5 Å². The first kappa shape index (κ1) is 22.0. The summed E-state index contributed by atoms with van der Waals surface area (Å²) in [6.45, 7) is 0. The smallest absolute Gasteiger partial charge is 0.256 e. The van der Waals surface area contributed by atoms with E-state index in [9.17, 15) is 9.59 Å². The van der Waals surface area contributed by atoms with E-state index in [0.29, 0.717) is 15.6 Å². The number of thioether (sulfide) groups is 1. The Morgan fingerprint density at radius 1 is 0.938 bits per heavy atom. The van der Waals surface area contributed by atoms with Crippen molar-refractivity contribution in [3.8, 4) is 0 Å². The molecule has 1 heterocycles. The van der Waals surface area contributed by atoms with Gasteiger partial charge in [0.05, 0.1) is 10.9 Å². The first-order valence-corrected chi connectivity index (χ1v) is 11.5. The number of rotatable bonds is 5. The van der Waals surface area contributed by atoms with Crippen molar-refractivity contribution in [3.63, 3.8) is 0 Å². The molecule has 4 rings (SSSR count). The van der Waals surface area contributed by atoms with Gasteiger partial charge in [0.1, 0.15) is 10.4 Å². The van der Waals surface area contributed by atoms with Gasteiger partial charge in [-0.05, 0) is 42.0 Å². The van der Waals surface area contributed by atoms with E-state index in [1.165, 1.54) is 16.7 Å². The Balaban J connectivity index is 1.70. The molecule has 162 valence electrons. The van der Waals surface area contributed by atoms with E-state index >= 15 is 0 Å². The fourth-order valence-corrected chi connectivity index (χ4v) is 5.21. The number of thiocarbonyl (C=S) groups is 1. The number of nitrogens with one attached hydrogen (secondary N) is 1.